The van der Waals surface area contributed by atoms with Gasteiger partial charge in [0.05, 0.1) is 5.92 Å². The maximum atomic E-state index is 12.1. The Morgan fingerprint density at radius 3 is 3.18 bits per heavy atom. The molecule has 0 fully saturated rings. The average molecular weight is 245 g/mol. The first kappa shape index (κ1) is 10.4. The van der Waals surface area contributed by atoms with Crippen LogP contribution in [0.1, 0.15) is 11.5 Å². The molecular weight excluding hydrogens is 234 g/mol. The minimum absolute atomic E-state index is 0.00241. The number of H-pyrrole nitrogens is 1. The number of carbonyl (C=O) groups excluding carboxylic acids is 1. The van der Waals surface area contributed by atoms with Gasteiger partial charge in [0.1, 0.15) is 0 Å². The second-order valence-corrected chi connectivity index (χ2v) is 4.89. The fourth-order valence-corrected chi connectivity index (χ4v) is 3.15. The first-order valence-electron chi connectivity index (χ1n) is 5.36. The Balaban J connectivity index is 1.80. The van der Waals surface area contributed by atoms with Crippen molar-refractivity contribution in [3.63, 3.8) is 0 Å². The van der Waals surface area contributed by atoms with Crippen LogP contribution < -0.4 is 5.32 Å². The molecule has 1 atom stereocenters. The standard InChI is InChI=1S/C12H11N3OS/c16-11(15-12-13-5-6-14-12)9-7-17-10-4-2-1-3-8(9)10/h1-6,9H,7H2,(H2,13,14,15,16). The quantitative estimate of drug-likeness (QED) is 0.853. The monoisotopic (exact) mass is 245 g/mol. The zero-order chi connectivity index (χ0) is 11.7. The summed E-state index contributed by atoms with van der Waals surface area (Å²) < 4.78 is 0. The summed E-state index contributed by atoms with van der Waals surface area (Å²) in [6, 6.07) is 8.04. The molecule has 0 bridgehead atoms. The Kier molecular flexibility index (Phi) is 2.60. The Morgan fingerprint density at radius 2 is 2.35 bits per heavy atom. The predicted molar refractivity (Wildman–Crippen MR) is 67.1 cm³/mol. The number of aromatic amines is 1. The van der Waals surface area contributed by atoms with Crippen LogP contribution in [0, 0.1) is 0 Å². The molecule has 1 aromatic carbocycles. The van der Waals surface area contributed by atoms with E-state index in [9.17, 15) is 4.79 Å². The molecule has 0 spiro atoms. The van der Waals surface area contributed by atoms with Crippen LogP contribution in [-0.4, -0.2) is 21.6 Å². The van der Waals surface area contributed by atoms with Crippen LogP contribution in [-0.2, 0) is 4.79 Å². The molecule has 0 saturated heterocycles. The summed E-state index contributed by atoms with van der Waals surface area (Å²) in [6.45, 7) is 0. The number of nitrogens with zero attached hydrogens (tertiary/aromatic N) is 1. The van der Waals surface area contributed by atoms with Crippen molar-refractivity contribution in [1.82, 2.24) is 9.97 Å². The van der Waals surface area contributed by atoms with Crippen LogP contribution in [0.3, 0.4) is 0 Å². The minimum Gasteiger partial charge on any atom is -0.331 e. The van der Waals surface area contributed by atoms with E-state index < -0.39 is 0 Å². The van der Waals surface area contributed by atoms with Gasteiger partial charge in [-0.1, -0.05) is 18.2 Å². The maximum absolute atomic E-state index is 12.1. The molecular formula is C12H11N3OS. The zero-order valence-corrected chi connectivity index (χ0v) is 9.83. The second-order valence-electron chi connectivity index (χ2n) is 3.83. The smallest absolute Gasteiger partial charge is 0.235 e. The molecule has 1 aromatic heterocycles. The molecule has 1 aliphatic heterocycles. The SMILES string of the molecule is O=C(Nc1ncc[nH]1)C1CSc2ccccc21. The third kappa shape index (κ3) is 1.93. The summed E-state index contributed by atoms with van der Waals surface area (Å²) in [4.78, 5) is 20.1. The number of carbonyl (C=O) groups is 1. The molecule has 5 heteroatoms. The lowest BCUT2D eigenvalue weighted by atomic mass is 10.0. The molecule has 3 rings (SSSR count). The molecule has 2 heterocycles. The summed E-state index contributed by atoms with van der Waals surface area (Å²) in [5.74, 6) is 1.22. The van der Waals surface area contributed by atoms with E-state index in [2.05, 4.69) is 21.4 Å². The van der Waals surface area contributed by atoms with Crippen molar-refractivity contribution in [2.75, 3.05) is 11.1 Å². The largest absolute Gasteiger partial charge is 0.331 e. The molecule has 4 nitrogen and oxygen atoms in total. The zero-order valence-electron chi connectivity index (χ0n) is 9.01. The van der Waals surface area contributed by atoms with Crippen molar-refractivity contribution in [2.24, 2.45) is 0 Å². The van der Waals surface area contributed by atoms with Gasteiger partial charge in [-0.25, -0.2) is 4.98 Å². The number of hydrogen-bond acceptors (Lipinski definition) is 3. The highest BCUT2D eigenvalue weighted by Crippen LogP contribution is 2.39. The summed E-state index contributed by atoms with van der Waals surface area (Å²) in [6.07, 6.45) is 3.31. The Labute approximate surface area is 103 Å². The summed E-state index contributed by atoms with van der Waals surface area (Å²) >= 11 is 1.73. The van der Waals surface area contributed by atoms with E-state index in [1.165, 1.54) is 4.90 Å². The highest BCUT2D eigenvalue weighted by molar-refractivity contribution is 7.99. The van der Waals surface area contributed by atoms with Crippen molar-refractivity contribution in [1.29, 1.82) is 0 Å². The lowest BCUT2D eigenvalue weighted by molar-refractivity contribution is -0.117. The molecule has 1 unspecified atom stereocenters. The van der Waals surface area contributed by atoms with Gasteiger partial charge in [0, 0.05) is 23.0 Å². The first-order valence-corrected chi connectivity index (χ1v) is 6.35. The summed E-state index contributed by atoms with van der Waals surface area (Å²) in [5.41, 5.74) is 1.11. The number of nitrogens with one attached hydrogen (secondary N) is 2. The van der Waals surface area contributed by atoms with E-state index in [4.69, 9.17) is 0 Å². The molecule has 0 radical (unpaired) electrons. The molecule has 0 saturated carbocycles. The second kappa shape index (κ2) is 4.25. The van der Waals surface area contributed by atoms with Gasteiger partial charge in [-0.15, -0.1) is 11.8 Å². The van der Waals surface area contributed by atoms with E-state index in [0.29, 0.717) is 5.95 Å². The number of thioether (sulfide) groups is 1. The number of rotatable bonds is 2. The highest BCUT2D eigenvalue weighted by atomic mass is 32.2. The van der Waals surface area contributed by atoms with E-state index in [0.717, 1.165) is 11.3 Å². The number of amides is 1. The summed E-state index contributed by atoms with van der Waals surface area (Å²) in [5, 5.41) is 2.79. The number of benzene rings is 1. The molecule has 2 aromatic rings. The van der Waals surface area contributed by atoms with Crippen LogP contribution in [0.5, 0.6) is 0 Å². The van der Waals surface area contributed by atoms with Gasteiger partial charge in [0.2, 0.25) is 11.9 Å². The van der Waals surface area contributed by atoms with Gasteiger partial charge in [-0.3, -0.25) is 10.1 Å². The predicted octanol–water partition coefficient (Wildman–Crippen LogP) is 2.24. The van der Waals surface area contributed by atoms with E-state index in [-0.39, 0.29) is 11.8 Å². The van der Waals surface area contributed by atoms with Crippen molar-refractivity contribution < 1.29 is 4.79 Å². The van der Waals surface area contributed by atoms with Gasteiger partial charge in [-0.2, -0.15) is 0 Å². The van der Waals surface area contributed by atoms with Gasteiger partial charge in [0.15, 0.2) is 0 Å². The van der Waals surface area contributed by atoms with E-state index in [1.54, 1.807) is 24.2 Å². The maximum Gasteiger partial charge on any atom is 0.235 e. The molecule has 17 heavy (non-hydrogen) atoms. The minimum atomic E-state index is -0.0821. The van der Waals surface area contributed by atoms with E-state index >= 15 is 0 Å². The lowest BCUT2D eigenvalue weighted by Crippen LogP contribution is -2.21. The molecule has 0 aliphatic carbocycles. The summed E-state index contributed by atoms with van der Waals surface area (Å²) in [7, 11) is 0. The van der Waals surface area contributed by atoms with Crippen molar-refractivity contribution >= 4 is 23.6 Å². The number of anilines is 1. The molecule has 2 N–H and O–H groups in total. The highest BCUT2D eigenvalue weighted by Gasteiger charge is 2.29. The lowest BCUT2D eigenvalue weighted by Gasteiger charge is -2.09. The topological polar surface area (TPSA) is 57.8 Å². The fraction of sp³-hybridized carbons (Fsp3) is 0.167. The first-order chi connectivity index (χ1) is 8.34. The number of hydrogen-bond donors (Lipinski definition) is 2. The van der Waals surface area contributed by atoms with Crippen LogP contribution in [0.4, 0.5) is 5.95 Å². The van der Waals surface area contributed by atoms with Gasteiger partial charge < -0.3 is 4.98 Å². The van der Waals surface area contributed by atoms with Gasteiger partial charge in [0.25, 0.3) is 0 Å². The number of aromatic nitrogens is 2. The van der Waals surface area contributed by atoms with E-state index in [1.807, 2.05) is 18.2 Å². The Bertz CT molecular complexity index is 538. The third-order valence-electron chi connectivity index (χ3n) is 2.76. The van der Waals surface area contributed by atoms with Crippen molar-refractivity contribution in [2.45, 2.75) is 10.8 Å². The molecule has 1 aliphatic rings. The normalized spacial score (nSPS) is 17.8. The molecule has 86 valence electrons. The van der Waals surface area contributed by atoms with Crippen molar-refractivity contribution in [3.8, 4) is 0 Å². The van der Waals surface area contributed by atoms with Crippen LogP contribution >= 0.6 is 11.8 Å². The van der Waals surface area contributed by atoms with Gasteiger partial charge >= 0.3 is 0 Å². The molecule has 1 amide bonds. The number of fused-ring (bicyclic) bond motifs is 1. The van der Waals surface area contributed by atoms with Crippen LogP contribution in [0.25, 0.3) is 0 Å². The third-order valence-corrected chi connectivity index (χ3v) is 3.94. The Hall–Kier alpha value is -1.75. The van der Waals surface area contributed by atoms with Crippen LogP contribution in [0.2, 0.25) is 0 Å². The van der Waals surface area contributed by atoms with Crippen LogP contribution in [0.15, 0.2) is 41.6 Å². The number of imidazole rings is 1. The average Bonchev–Trinajstić information content (AvgIpc) is 2.96. The van der Waals surface area contributed by atoms with Crippen molar-refractivity contribution in [3.05, 3.63) is 42.2 Å². The Morgan fingerprint density at radius 1 is 1.47 bits per heavy atom. The fourth-order valence-electron chi connectivity index (χ4n) is 1.92. The van der Waals surface area contributed by atoms with Gasteiger partial charge in [-0.05, 0) is 11.6 Å².